The molecule has 1 saturated carbocycles. The number of hydrogen-bond donors (Lipinski definition) is 1. The van der Waals surface area contributed by atoms with Gasteiger partial charge in [0, 0.05) is 41.1 Å². The second-order valence-corrected chi connectivity index (χ2v) is 6.83. The zero-order valence-corrected chi connectivity index (χ0v) is 14.7. The smallest absolute Gasteiger partial charge is 0.228 e. The van der Waals surface area contributed by atoms with Crippen molar-refractivity contribution in [3.63, 3.8) is 0 Å². The Morgan fingerprint density at radius 2 is 1.93 bits per heavy atom. The van der Waals surface area contributed by atoms with E-state index in [2.05, 4.69) is 38.2 Å². The van der Waals surface area contributed by atoms with Crippen molar-refractivity contribution in [1.82, 2.24) is 14.5 Å². The zero-order chi connectivity index (χ0) is 18.2. The van der Waals surface area contributed by atoms with Crippen LogP contribution in [0.5, 0.6) is 0 Å². The van der Waals surface area contributed by atoms with E-state index in [1.165, 1.54) is 0 Å². The molecule has 0 aliphatic heterocycles. The van der Waals surface area contributed by atoms with Crippen molar-refractivity contribution in [2.45, 2.75) is 12.8 Å². The summed E-state index contributed by atoms with van der Waals surface area (Å²) in [5.74, 6) is 0.816. The van der Waals surface area contributed by atoms with E-state index in [-0.39, 0.29) is 11.8 Å². The van der Waals surface area contributed by atoms with Crippen molar-refractivity contribution in [2.24, 2.45) is 5.92 Å². The topological polar surface area (TPSA) is 59.8 Å². The van der Waals surface area contributed by atoms with Crippen molar-refractivity contribution >= 4 is 22.6 Å². The number of fused-ring (bicyclic) bond motifs is 1. The molecule has 0 spiro atoms. The molecule has 27 heavy (non-hydrogen) atoms. The predicted octanol–water partition coefficient (Wildman–Crippen LogP) is 4.44. The molecular formula is C22H18N4O. The number of rotatable bonds is 4. The first-order chi connectivity index (χ1) is 13.3. The first-order valence-corrected chi connectivity index (χ1v) is 9.07. The Morgan fingerprint density at radius 1 is 1.07 bits per heavy atom. The molecule has 0 radical (unpaired) electrons. The van der Waals surface area contributed by atoms with Gasteiger partial charge in [-0.25, -0.2) is 4.98 Å². The van der Waals surface area contributed by atoms with Gasteiger partial charge in [-0.1, -0.05) is 18.2 Å². The van der Waals surface area contributed by atoms with Gasteiger partial charge in [0.2, 0.25) is 5.91 Å². The highest BCUT2D eigenvalue weighted by molar-refractivity contribution is 5.98. The fourth-order valence-electron chi connectivity index (χ4n) is 3.35. The van der Waals surface area contributed by atoms with E-state index in [1.807, 2.05) is 42.6 Å². The van der Waals surface area contributed by atoms with Gasteiger partial charge < -0.3 is 9.88 Å². The lowest BCUT2D eigenvalue weighted by molar-refractivity contribution is -0.117. The van der Waals surface area contributed by atoms with Gasteiger partial charge >= 0.3 is 0 Å². The number of carbonyl (C=O) groups is 1. The van der Waals surface area contributed by atoms with Crippen LogP contribution >= 0.6 is 0 Å². The number of amides is 1. The molecule has 1 aliphatic rings. The second-order valence-electron chi connectivity index (χ2n) is 6.83. The summed E-state index contributed by atoms with van der Waals surface area (Å²) in [6.45, 7) is 0. The maximum atomic E-state index is 12.1. The van der Waals surface area contributed by atoms with Crippen LogP contribution in [0.3, 0.4) is 0 Å². The Hall–Kier alpha value is -3.47. The Bertz CT molecular complexity index is 1130. The van der Waals surface area contributed by atoms with Crippen molar-refractivity contribution in [3.8, 4) is 16.8 Å². The summed E-state index contributed by atoms with van der Waals surface area (Å²) >= 11 is 0. The van der Waals surface area contributed by atoms with Crippen LogP contribution < -0.4 is 5.32 Å². The van der Waals surface area contributed by atoms with Crippen molar-refractivity contribution in [3.05, 3.63) is 73.3 Å². The number of anilines is 1. The Balaban J connectivity index is 1.60. The van der Waals surface area contributed by atoms with E-state index in [4.69, 9.17) is 0 Å². The Labute approximate surface area is 156 Å². The standard InChI is InChI=1S/C22H18N4O/c27-22(15-6-7-15)25-21-12-16(8-11-24-21)19-14-26(17-4-2-1-3-5-17)20-13-23-10-9-18(19)20/h1-5,8-15H,6-7H2,(H,24,25,27). The SMILES string of the molecule is O=C(Nc1cc(-c2cn(-c3ccccc3)c3cnccc23)ccn1)C1CC1. The molecule has 5 nitrogen and oxygen atoms in total. The lowest BCUT2D eigenvalue weighted by Crippen LogP contribution is -2.14. The van der Waals surface area contributed by atoms with Crippen LogP contribution in [-0.2, 0) is 4.79 Å². The highest BCUT2D eigenvalue weighted by atomic mass is 16.2. The largest absolute Gasteiger partial charge is 0.314 e. The van der Waals surface area contributed by atoms with Crippen molar-refractivity contribution < 1.29 is 4.79 Å². The summed E-state index contributed by atoms with van der Waals surface area (Å²) < 4.78 is 2.14. The summed E-state index contributed by atoms with van der Waals surface area (Å²) in [5.41, 5.74) is 4.22. The molecule has 4 aromatic rings. The fourth-order valence-corrected chi connectivity index (χ4v) is 3.35. The molecule has 3 heterocycles. The first kappa shape index (κ1) is 15.8. The predicted molar refractivity (Wildman–Crippen MR) is 106 cm³/mol. The Morgan fingerprint density at radius 3 is 2.74 bits per heavy atom. The van der Waals surface area contributed by atoms with Crippen LogP contribution in [-0.4, -0.2) is 20.4 Å². The van der Waals surface area contributed by atoms with E-state index in [1.54, 1.807) is 12.4 Å². The molecule has 0 saturated heterocycles. The van der Waals surface area contributed by atoms with Gasteiger partial charge in [0.1, 0.15) is 5.82 Å². The fraction of sp³-hybridized carbons (Fsp3) is 0.136. The van der Waals surface area contributed by atoms with Crippen molar-refractivity contribution in [1.29, 1.82) is 0 Å². The van der Waals surface area contributed by atoms with Gasteiger partial charge in [0.25, 0.3) is 0 Å². The zero-order valence-electron chi connectivity index (χ0n) is 14.7. The molecule has 1 aliphatic carbocycles. The number of benzene rings is 1. The van der Waals surface area contributed by atoms with E-state index in [9.17, 15) is 4.79 Å². The minimum atomic E-state index is 0.0653. The Kier molecular flexibility index (Phi) is 3.71. The molecule has 0 atom stereocenters. The summed E-state index contributed by atoms with van der Waals surface area (Å²) in [6, 6.07) is 16.1. The van der Waals surface area contributed by atoms with Gasteiger partial charge in [-0.2, -0.15) is 0 Å². The molecule has 1 amide bonds. The quantitative estimate of drug-likeness (QED) is 0.589. The van der Waals surface area contributed by atoms with Crippen LogP contribution in [0.25, 0.3) is 27.7 Å². The van der Waals surface area contributed by atoms with Gasteiger partial charge in [0.15, 0.2) is 0 Å². The monoisotopic (exact) mass is 354 g/mol. The number of para-hydroxylation sites is 1. The van der Waals surface area contributed by atoms with Gasteiger partial charge in [-0.15, -0.1) is 0 Å². The maximum Gasteiger partial charge on any atom is 0.228 e. The molecule has 1 fully saturated rings. The minimum absolute atomic E-state index is 0.0653. The molecular weight excluding hydrogens is 336 g/mol. The van der Waals surface area contributed by atoms with Crippen LogP contribution in [0.2, 0.25) is 0 Å². The third-order valence-corrected chi connectivity index (χ3v) is 4.91. The van der Waals surface area contributed by atoms with Crippen LogP contribution in [0.15, 0.2) is 73.3 Å². The number of aromatic nitrogens is 3. The van der Waals surface area contributed by atoms with Crippen LogP contribution in [0, 0.1) is 5.92 Å². The normalized spacial score (nSPS) is 13.6. The molecule has 3 aromatic heterocycles. The molecule has 0 bridgehead atoms. The number of nitrogens with one attached hydrogen (secondary N) is 1. The van der Waals surface area contributed by atoms with Gasteiger partial charge in [-0.3, -0.25) is 9.78 Å². The molecule has 5 rings (SSSR count). The number of nitrogens with zero attached hydrogens (tertiary/aromatic N) is 3. The van der Waals surface area contributed by atoms with E-state index in [0.717, 1.165) is 40.6 Å². The summed E-state index contributed by atoms with van der Waals surface area (Å²) in [7, 11) is 0. The molecule has 5 heteroatoms. The average molecular weight is 354 g/mol. The van der Waals surface area contributed by atoms with E-state index >= 15 is 0 Å². The maximum absolute atomic E-state index is 12.1. The third-order valence-electron chi connectivity index (χ3n) is 4.91. The van der Waals surface area contributed by atoms with Crippen LogP contribution in [0.4, 0.5) is 5.82 Å². The molecule has 0 unspecified atom stereocenters. The first-order valence-electron chi connectivity index (χ1n) is 9.07. The minimum Gasteiger partial charge on any atom is -0.314 e. The summed E-state index contributed by atoms with van der Waals surface area (Å²) in [4.78, 5) is 20.7. The van der Waals surface area contributed by atoms with E-state index < -0.39 is 0 Å². The molecule has 132 valence electrons. The third kappa shape index (κ3) is 2.97. The second kappa shape index (κ2) is 6.36. The van der Waals surface area contributed by atoms with Gasteiger partial charge in [-0.05, 0) is 48.7 Å². The lowest BCUT2D eigenvalue weighted by Gasteiger charge is -2.05. The van der Waals surface area contributed by atoms with Gasteiger partial charge in [0.05, 0.1) is 11.7 Å². The van der Waals surface area contributed by atoms with E-state index in [0.29, 0.717) is 5.82 Å². The highest BCUT2D eigenvalue weighted by Gasteiger charge is 2.29. The summed E-state index contributed by atoms with van der Waals surface area (Å²) in [6.07, 6.45) is 9.49. The molecule has 1 N–H and O–H groups in total. The number of carbonyl (C=O) groups excluding carboxylic acids is 1. The number of pyridine rings is 2. The molecule has 1 aromatic carbocycles. The highest BCUT2D eigenvalue weighted by Crippen LogP contribution is 2.34. The average Bonchev–Trinajstić information content (AvgIpc) is 3.50. The van der Waals surface area contributed by atoms with Crippen LogP contribution in [0.1, 0.15) is 12.8 Å². The summed E-state index contributed by atoms with van der Waals surface area (Å²) in [5, 5.41) is 4.04. The lowest BCUT2D eigenvalue weighted by atomic mass is 10.1. The van der Waals surface area contributed by atoms with Crippen molar-refractivity contribution in [2.75, 3.05) is 5.32 Å². The number of hydrogen-bond acceptors (Lipinski definition) is 3.